The molecular formula is C18H19FN2O3S. The monoisotopic (exact) mass is 362 g/mol. The van der Waals surface area contributed by atoms with E-state index in [1.807, 2.05) is 11.8 Å². The zero-order valence-electron chi connectivity index (χ0n) is 14.0. The van der Waals surface area contributed by atoms with Crippen LogP contribution in [0.1, 0.15) is 28.2 Å². The van der Waals surface area contributed by atoms with Crippen molar-refractivity contribution in [2.45, 2.75) is 25.6 Å². The molecule has 1 aromatic carbocycles. The van der Waals surface area contributed by atoms with E-state index in [4.69, 9.17) is 9.47 Å². The number of thiazole rings is 1. The molecule has 2 saturated heterocycles. The molecule has 1 aromatic heterocycles. The summed E-state index contributed by atoms with van der Waals surface area (Å²) in [7, 11) is 0. The molecule has 0 atom stereocenters. The highest BCUT2D eigenvalue weighted by Gasteiger charge is 2.41. The Kier molecular flexibility index (Phi) is 4.31. The summed E-state index contributed by atoms with van der Waals surface area (Å²) in [5.41, 5.74) is 1.53. The molecule has 0 radical (unpaired) electrons. The van der Waals surface area contributed by atoms with Gasteiger partial charge in [0.25, 0.3) is 5.91 Å². The first-order valence-electron chi connectivity index (χ1n) is 8.37. The quantitative estimate of drug-likeness (QED) is 0.823. The van der Waals surface area contributed by atoms with Gasteiger partial charge in [-0.25, -0.2) is 9.37 Å². The van der Waals surface area contributed by atoms with Crippen molar-refractivity contribution in [1.82, 2.24) is 9.88 Å². The predicted octanol–water partition coefficient (Wildman–Crippen LogP) is 3.24. The molecule has 0 N–H and O–H groups in total. The Morgan fingerprint density at radius 1 is 1.20 bits per heavy atom. The van der Waals surface area contributed by atoms with E-state index < -0.39 is 5.79 Å². The van der Waals surface area contributed by atoms with Crippen molar-refractivity contribution in [3.05, 3.63) is 40.7 Å². The highest BCUT2D eigenvalue weighted by atomic mass is 32.1. The number of hydrogen-bond donors (Lipinski definition) is 0. The lowest BCUT2D eigenvalue weighted by molar-refractivity contribution is -0.181. The summed E-state index contributed by atoms with van der Waals surface area (Å²) in [5, 5.41) is 0.733. The first kappa shape index (κ1) is 16.6. The van der Waals surface area contributed by atoms with Crippen molar-refractivity contribution in [3.63, 3.8) is 0 Å². The van der Waals surface area contributed by atoms with Gasteiger partial charge in [0.2, 0.25) is 0 Å². The topological polar surface area (TPSA) is 51.7 Å². The predicted molar refractivity (Wildman–Crippen MR) is 92.0 cm³/mol. The van der Waals surface area contributed by atoms with Gasteiger partial charge in [-0.2, -0.15) is 0 Å². The van der Waals surface area contributed by atoms with E-state index in [0.717, 1.165) is 10.6 Å². The molecule has 0 saturated carbocycles. The Morgan fingerprint density at radius 3 is 2.48 bits per heavy atom. The van der Waals surface area contributed by atoms with Crippen LogP contribution in [0.15, 0.2) is 24.3 Å². The lowest BCUT2D eigenvalue weighted by atomic mass is 10.0. The summed E-state index contributed by atoms with van der Waals surface area (Å²) >= 11 is 1.36. The van der Waals surface area contributed by atoms with Gasteiger partial charge in [-0.1, -0.05) is 0 Å². The molecule has 2 aliphatic heterocycles. The maximum Gasteiger partial charge on any atom is 0.265 e. The maximum atomic E-state index is 13.1. The number of likely N-dealkylation sites (tertiary alicyclic amines) is 1. The minimum absolute atomic E-state index is 0.00351. The Morgan fingerprint density at radius 2 is 1.84 bits per heavy atom. The molecule has 0 aliphatic carbocycles. The largest absolute Gasteiger partial charge is 0.347 e. The molecule has 4 rings (SSSR count). The summed E-state index contributed by atoms with van der Waals surface area (Å²) in [5.74, 6) is -0.776. The number of halogens is 1. The average Bonchev–Trinajstić information content (AvgIpc) is 3.23. The number of benzene rings is 1. The molecule has 1 spiro atoms. The molecule has 0 bridgehead atoms. The van der Waals surface area contributed by atoms with Gasteiger partial charge in [0.1, 0.15) is 15.7 Å². The number of rotatable bonds is 2. The van der Waals surface area contributed by atoms with E-state index in [1.165, 1.54) is 23.5 Å². The van der Waals surface area contributed by atoms with Crippen molar-refractivity contribution >= 4 is 17.2 Å². The summed E-state index contributed by atoms with van der Waals surface area (Å²) < 4.78 is 24.5. The van der Waals surface area contributed by atoms with Gasteiger partial charge in [-0.3, -0.25) is 4.79 Å². The van der Waals surface area contributed by atoms with E-state index in [2.05, 4.69) is 4.98 Å². The number of carbonyl (C=O) groups is 1. The summed E-state index contributed by atoms with van der Waals surface area (Å²) in [4.78, 5) is 19.9. The van der Waals surface area contributed by atoms with E-state index in [-0.39, 0.29) is 11.7 Å². The number of amides is 1. The summed E-state index contributed by atoms with van der Waals surface area (Å²) in [6.07, 6.45) is 1.39. The van der Waals surface area contributed by atoms with Crippen LogP contribution >= 0.6 is 11.3 Å². The average molecular weight is 362 g/mol. The van der Waals surface area contributed by atoms with Crippen LogP contribution < -0.4 is 0 Å². The number of carbonyl (C=O) groups excluding carboxylic acids is 1. The molecule has 5 nitrogen and oxygen atoms in total. The normalized spacial score (nSPS) is 19.5. The highest BCUT2D eigenvalue weighted by Crippen LogP contribution is 2.33. The molecule has 7 heteroatoms. The van der Waals surface area contributed by atoms with Crippen molar-refractivity contribution in [2.24, 2.45) is 0 Å². The number of nitrogens with zero attached hydrogens (tertiary/aromatic N) is 2. The molecule has 3 heterocycles. The second-order valence-electron chi connectivity index (χ2n) is 6.34. The third kappa shape index (κ3) is 3.19. The van der Waals surface area contributed by atoms with Gasteiger partial charge >= 0.3 is 0 Å². The Hall–Kier alpha value is -1.83. The van der Waals surface area contributed by atoms with Crippen LogP contribution in [0.3, 0.4) is 0 Å². The standard InChI is InChI=1S/C18H19FN2O3S/c1-12-15(25-16(20-12)13-2-4-14(19)5-3-13)17(22)21-8-6-18(7-9-21)23-10-11-24-18/h2-5H,6-11H2,1H3. The van der Waals surface area contributed by atoms with Crippen LogP contribution in [-0.4, -0.2) is 47.9 Å². The van der Waals surface area contributed by atoms with Gasteiger partial charge in [0.05, 0.1) is 18.9 Å². The zero-order valence-corrected chi connectivity index (χ0v) is 14.8. The molecular weight excluding hydrogens is 343 g/mol. The molecule has 25 heavy (non-hydrogen) atoms. The molecule has 1 amide bonds. The first-order valence-corrected chi connectivity index (χ1v) is 9.19. The minimum Gasteiger partial charge on any atom is -0.347 e. The van der Waals surface area contributed by atoms with Crippen LogP contribution in [-0.2, 0) is 9.47 Å². The zero-order chi connectivity index (χ0) is 17.4. The number of piperidine rings is 1. The second-order valence-corrected chi connectivity index (χ2v) is 7.34. The Balaban J connectivity index is 1.50. The number of hydrogen-bond acceptors (Lipinski definition) is 5. The Labute approximate surface area is 149 Å². The van der Waals surface area contributed by atoms with Crippen molar-refractivity contribution in [3.8, 4) is 10.6 Å². The summed E-state index contributed by atoms with van der Waals surface area (Å²) in [6.45, 7) is 4.32. The van der Waals surface area contributed by atoms with E-state index in [1.54, 1.807) is 12.1 Å². The molecule has 132 valence electrons. The fourth-order valence-electron chi connectivity index (χ4n) is 3.29. The molecule has 0 unspecified atom stereocenters. The number of aromatic nitrogens is 1. The van der Waals surface area contributed by atoms with Gasteiger partial charge in [0, 0.05) is 31.5 Å². The minimum atomic E-state index is -0.487. The van der Waals surface area contributed by atoms with E-state index in [9.17, 15) is 9.18 Å². The second kappa shape index (κ2) is 6.48. The van der Waals surface area contributed by atoms with E-state index in [0.29, 0.717) is 49.7 Å². The van der Waals surface area contributed by atoms with Crippen LogP contribution in [0.25, 0.3) is 10.6 Å². The SMILES string of the molecule is Cc1nc(-c2ccc(F)cc2)sc1C(=O)N1CCC2(CC1)OCCO2. The first-order chi connectivity index (χ1) is 12.1. The van der Waals surface area contributed by atoms with Gasteiger partial charge in [-0.15, -0.1) is 11.3 Å². The van der Waals surface area contributed by atoms with Crippen LogP contribution in [0.5, 0.6) is 0 Å². The van der Waals surface area contributed by atoms with E-state index >= 15 is 0 Å². The smallest absolute Gasteiger partial charge is 0.265 e. The third-order valence-corrected chi connectivity index (χ3v) is 5.90. The molecule has 2 aromatic rings. The van der Waals surface area contributed by atoms with Gasteiger partial charge in [0.15, 0.2) is 5.79 Å². The fraction of sp³-hybridized carbons (Fsp3) is 0.444. The summed E-state index contributed by atoms with van der Waals surface area (Å²) in [6, 6.07) is 6.17. The Bertz CT molecular complexity index is 774. The number of ether oxygens (including phenoxy) is 2. The molecule has 2 fully saturated rings. The fourth-order valence-corrected chi connectivity index (χ4v) is 4.33. The van der Waals surface area contributed by atoms with Gasteiger partial charge < -0.3 is 14.4 Å². The van der Waals surface area contributed by atoms with Crippen molar-refractivity contribution < 1.29 is 18.7 Å². The van der Waals surface area contributed by atoms with Crippen molar-refractivity contribution in [1.29, 1.82) is 0 Å². The lowest BCUT2D eigenvalue weighted by Gasteiger charge is -2.37. The number of aryl methyl sites for hydroxylation is 1. The van der Waals surface area contributed by atoms with Crippen LogP contribution in [0.4, 0.5) is 4.39 Å². The third-order valence-electron chi connectivity index (χ3n) is 4.71. The highest BCUT2D eigenvalue weighted by molar-refractivity contribution is 7.17. The van der Waals surface area contributed by atoms with Crippen molar-refractivity contribution in [2.75, 3.05) is 26.3 Å². The molecule has 2 aliphatic rings. The van der Waals surface area contributed by atoms with Gasteiger partial charge in [-0.05, 0) is 31.2 Å². The van der Waals surface area contributed by atoms with Crippen LogP contribution in [0, 0.1) is 12.7 Å². The maximum absolute atomic E-state index is 13.1. The lowest BCUT2D eigenvalue weighted by Crippen LogP contribution is -2.47. The van der Waals surface area contributed by atoms with Crippen LogP contribution in [0.2, 0.25) is 0 Å².